The lowest BCUT2D eigenvalue weighted by molar-refractivity contribution is 0.590. The van der Waals surface area contributed by atoms with Gasteiger partial charge < -0.3 is 5.32 Å². The number of nitrogens with zero attached hydrogens (tertiary/aromatic N) is 3. The first kappa shape index (κ1) is 16.3. The molecule has 2 N–H and O–H groups in total. The Morgan fingerprint density at radius 3 is 2.43 bits per heavy atom. The molecule has 0 radical (unpaired) electrons. The molecule has 0 bridgehead atoms. The van der Waals surface area contributed by atoms with Crippen LogP contribution < -0.4 is 5.32 Å². The fourth-order valence-corrected chi connectivity index (χ4v) is 3.14. The van der Waals surface area contributed by atoms with Crippen LogP contribution in [0.4, 0.5) is 20.4 Å². The van der Waals surface area contributed by atoms with E-state index in [0.29, 0.717) is 17.0 Å². The van der Waals surface area contributed by atoms with Crippen molar-refractivity contribution in [3.05, 3.63) is 78.4 Å². The Morgan fingerprint density at radius 2 is 1.57 bits per heavy atom. The molecule has 0 amide bonds. The SMILES string of the molecule is Fc1cc(F)c2[nH]nc(Nc3nc(-c4ccccc4)nc4ccccc34)c2c1. The maximum Gasteiger partial charge on any atom is 0.162 e. The number of halogens is 2. The van der Waals surface area contributed by atoms with Gasteiger partial charge in [0.1, 0.15) is 17.2 Å². The molecule has 5 rings (SSSR count). The average molecular weight is 373 g/mol. The van der Waals surface area contributed by atoms with Crippen molar-refractivity contribution in [2.45, 2.75) is 0 Å². The first-order valence-electron chi connectivity index (χ1n) is 8.61. The lowest BCUT2D eigenvalue weighted by Crippen LogP contribution is -2.00. The van der Waals surface area contributed by atoms with Gasteiger partial charge in [-0.2, -0.15) is 5.10 Å². The Balaban J connectivity index is 1.69. The zero-order valence-corrected chi connectivity index (χ0v) is 14.4. The Hall–Kier alpha value is -3.87. The predicted molar refractivity (Wildman–Crippen MR) is 104 cm³/mol. The van der Waals surface area contributed by atoms with Crippen molar-refractivity contribution in [3.63, 3.8) is 0 Å². The van der Waals surface area contributed by atoms with Gasteiger partial charge in [-0.15, -0.1) is 0 Å². The molecule has 0 atom stereocenters. The fourth-order valence-electron chi connectivity index (χ4n) is 3.14. The van der Waals surface area contributed by atoms with Gasteiger partial charge in [-0.3, -0.25) is 5.10 Å². The summed E-state index contributed by atoms with van der Waals surface area (Å²) in [7, 11) is 0. The fraction of sp³-hybridized carbons (Fsp3) is 0. The van der Waals surface area contributed by atoms with Crippen molar-refractivity contribution in [3.8, 4) is 11.4 Å². The van der Waals surface area contributed by atoms with Gasteiger partial charge in [0.2, 0.25) is 0 Å². The summed E-state index contributed by atoms with van der Waals surface area (Å²) in [6.07, 6.45) is 0. The van der Waals surface area contributed by atoms with Crippen LogP contribution in [-0.2, 0) is 0 Å². The number of fused-ring (bicyclic) bond motifs is 2. The van der Waals surface area contributed by atoms with E-state index >= 15 is 0 Å². The zero-order valence-electron chi connectivity index (χ0n) is 14.4. The van der Waals surface area contributed by atoms with Gasteiger partial charge in [0, 0.05) is 17.0 Å². The van der Waals surface area contributed by atoms with E-state index < -0.39 is 11.6 Å². The number of hydrogen-bond acceptors (Lipinski definition) is 4. The van der Waals surface area contributed by atoms with E-state index in [9.17, 15) is 8.78 Å². The molecule has 2 aromatic heterocycles. The van der Waals surface area contributed by atoms with E-state index in [1.54, 1.807) is 0 Å². The molecule has 0 saturated carbocycles. The summed E-state index contributed by atoms with van der Waals surface area (Å²) in [6, 6.07) is 19.2. The standard InChI is InChI=1S/C21H13F2N5/c22-13-10-15-18(16(23)11-13)27-28-21(15)26-20-14-8-4-5-9-17(14)24-19(25-20)12-6-2-1-3-7-12/h1-11H,(H2,24,25,26,27,28). The normalized spacial score (nSPS) is 11.2. The molecule has 5 aromatic rings. The van der Waals surface area contributed by atoms with Crippen molar-refractivity contribution in [2.24, 2.45) is 0 Å². The summed E-state index contributed by atoms with van der Waals surface area (Å²) in [5.74, 6) is -0.0437. The molecule has 28 heavy (non-hydrogen) atoms. The minimum absolute atomic E-state index is 0.130. The average Bonchev–Trinajstić information content (AvgIpc) is 3.11. The first-order valence-corrected chi connectivity index (χ1v) is 8.61. The summed E-state index contributed by atoms with van der Waals surface area (Å²) in [5, 5.41) is 10.9. The monoisotopic (exact) mass is 373 g/mol. The highest BCUT2D eigenvalue weighted by atomic mass is 19.1. The van der Waals surface area contributed by atoms with Crippen molar-refractivity contribution in [1.29, 1.82) is 0 Å². The Kier molecular flexibility index (Phi) is 3.72. The summed E-state index contributed by atoms with van der Waals surface area (Å²) in [6.45, 7) is 0. The summed E-state index contributed by atoms with van der Waals surface area (Å²) in [5.41, 5.74) is 1.74. The zero-order chi connectivity index (χ0) is 19.1. The van der Waals surface area contributed by atoms with Crippen LogP contribution in [0.15, 0.2) is 66.7 Å². The molecule has 0 unspecified atom stereocenters. The molecule has 0 aliphatic heterocycles. The highest BCUT2D eigenvalue weighted by molar-refractivity contribution is 5.97. The van der Waals surface area contributed by atoms with Crippen LogP contribution in [0.3, 0.4) is 0 Å². The summed E-state index contributed by atoms with van der Waals surface area (Å²) >= 11 is 0. The van der Waals surface area contributed by atoms with Crippen LogP contribution in [0.25, 0.3) is 33.2 Å². The van der Waals surface area contributed by atoms with Gasteiger partial charge in [-0.25, -0.2) is 18.7 Å². The van der Waals surface area contributed by atoms with E-state index in [2.05, 4.69) is 25.5 Å². The van der Waals surface area contributed by atoms with E-state index in [4.69, 9.17) is 0 Å². The van der Waals surface area contributed by atoms with Crippen molar-refractivity contribution in [1.82, 2.24) is 20.2 Å². The number of hydrogen-bond donors (Lipinski definition) is 2. The summed E-state index contributed by atoms with van der Waals surface area (Å²) < 4.78 is 27.7. The minimum Gasteiger partial charge on any atom is -0.322 e. The number of H-pyrrole nitrogens is 1. The van der Waals surface area contributed by atoms with Crippen molar-refractivity contribution >= 4 is 33.4 Å². The third kappa shape index (κ3) is 2.73. The number of nitrogens with one attached hydrogen (secondary N) is 2. The van der Waals surface area contributed by atoms with Crippen LogP contribution in [-0.4, -0.2) is 20.2 Å². The van der Waals surface area contributed by atoms with Crippen LogP contribution in [0.1, 0.15) is 0 Å². The largest absolute Gasteiger partial charge is 0.322 e. The van der Waals surface area contributed by atoms with Crippen LogP contribution in [0, 0.1) is 11.6 Å². The summed E-state index contributed by atoms with van der Waals surface area (Å²) in [4.78, 5) is 9.26. The van der Waals surface area contributed by atoms with Gasteiger partial charge in [-0.1, -0.05) is 42.5 Å². The Morgan fingerprint density at radius 1 is 0.786 bits per heavy atom. The van der Waals surface area contributed by atoms with Crippen LogP contribution in [0.2, 0.25) is 0 Å². The second-order valence-corrected chi connectivity index (χ2v) is 6.29. The van der Waals surface area contributed by atoms with Gasteiger partial charge in [0.25, 0.3) is 0 Å². The number of benzene rings is 3. The maximum atomic E-state index is 14.0. The van der Waals surface area contributed by atoms with E-state index in [1.165, 1.54) is 6.07 Å². The Labute approximate surface area is 158 Å². The predicted octanol–water partition coefficient (Wildman–Crippen LogP) is 5.19. The van der Waals surface area contributed by atoms with Gasteiger partial charge in [0.05, 0.1) is 10.9 Å². The third-order valence-corrected chi connectivity index (χ3v) is 4.46. The molecule has 0 fully saturated rings. The van der Waals surface area contributed by atoms with Gasteiger partial charge in [0.15, 0.2) is 17.5 Å². The number of rotatable bonds is 3. The lowest BCUT2D eigenvalue weighted by atomic mass is 10.2. The molecule has 5 nitrogen and oxygen atoms in total. The molecule has 0 aliphatic carbocycles. The smallest absolute Gasteiger partial charge is 0.162 e. The quantitative estimate of drug-likeness (QED) is 0.456. The number of aromatic amines is 1. The Bertz CT molecular complexity index is 1310. The van der Waals surface area contributed by atoms with E-state index in [1.807, 2.05) is 54.6 Å². The lowest BCUT2D eigenvalue weighted by Gasteiger charge is -2.10. The molecule has 2 heterocycles. The molecule has 0 spiro atoms. The molecular formula is C21H13F2N5. The molecule has 0 aliphatic rings. The second kappa shape index (κ2) is 6.38. The number of anilines is 2. The van der Waals surface area contributed by atoms with Crippen LogP contribution >= 0.6 is 0 Å². The highest BCUT2D eigenvalue weighted by Gasteiger charge is 2.15. The first-order chi connectivity index (χ1) is 13.7. The van der Waals surface area contributed by atoms with Crippen molar-refractivity contribution < 1.29 is 8.78 Å². The highest BCUT2D eigenvalue weighted by Crippen LogP contribution is 2.30. The minimum atomic E-state index is -0.701. The molecule has 7 heteroatoms. The van der Waals surface area contributed by atoms with Gasteiger partial charge in [-0.05, 0) is 18.2 Å². The maximum absolute atomic E-state index is 14.0. The molecular weight excluding hydrogens is 360 g/mol. The van der Waals surface area contributed by atoms with Crippen molar-refractivity contribution in [2.75, 3.05) is 5.32 Å². The molecule has 0 saturated heterocycles. The third-order valence-electron chi connectivity index (χ3n) is 4.46. The molecule has 136 valence electrons. The van der Waals surface area contributed by atoms with Gasteiger partial charge >= 0.3 is 0 Å². The number of para-hydroxylation sites is 1. The second-order valence-electron chi connectivity index (χ2n) is 6.29. The van der Waals surface area contributed by atoms with E-state index in [-0.39, 0.29) is 11.3 Å². The molecule has 3 aromatic carbocycles. The van der Waals surface area contributed by atoms with E-state index in [0.717, 1.165) is 22.5 Å². The van der Waals surface area contributed by atoms with Crippen LogP contribution in [0.5, 0.6) is 0 Å². The number of aromatic nitrogens is 4. The topological polar surface area (TPSA) is 66.5 Å².